The molecule has 0 unspecified atom stereocenters. The molecule has 0 aromatic carbocycles. The molecule has 0 fully saturated rings. The van der Waals surface area contributed by atoms with Crippen LogP contribution in [0.3, 0.4) is 0 Å². The van der Waals surface area contributed by atoms with Gasteiger partial charge in [0, 0.05) is 5.56 Å². The van der Waals surface area contributed by atoms with Gasteiger partial charge in [0.05, 0.1) is 3.57 Å². The molecule has 0 aliphatic heterocycles. The van der Waals surface area contributed by atoms with Crippen molar-refractivity contribution in [1.82, 2.24) is 4.98 Å². The highest BCUT2D eigenvalue weighted by Crippen LogP contribution is 2.27. The maximum atomic E-state index is 11.8. The van der Waals surface area contributed by atoms with Gasteiger partial charge >= 0.3 is 6.36 Å². The standard InChI is InChI=1S/C7H6F3IN2O/c1-3-2-4(11)5(12)13-6(3)14-7(8,9)10/h2H,1H3,(H2,12,13). The van der Waals surface area contributed by atoms with E-state index in [1.54, 1.807) is 0 Å². The summed E-state index contributed by atoms with van der Waals surface area (Å²) >= 11 is 1.88. The van der Waals surface area contributed by atoms with Crippen LogP contribution >= 0.6 is 22.6 Å². The molecule has 0 saturated carbocycles. The summed E-state index contributed by atoms with van der Waals surface area (Å²) in [5, 5.41) is 0. The molecule has 0 aliphatic carbocycles. The molecule has 0 amide bonds. The summed E-state index contributed by atoms with van der Waals surface area (Å²) < 4.78 is 39.8. The Hall–Kier alpha value is -0.730. The summed E-state index contributed by atoms with van der Waals surface area (Å²) in [7, 11) is 0. The van der Waals surface area contributed by atoms with E-state index < -0.39 is 12.2 Å². The first-order valence-electron chi connectivity index (χ1n) is 3.48. The van der Waals surface area contributed by atoms with Crippen LogP contribution < -0.4 is 10.5 Å². The number of hydrogen-bond acceptors (Lipinski definition) is 3. The molecule has 0 spiro atoms. The molecule has 0 radical (unpaired) electrons. The second kappa shape index (κ2) is 3.79. The topological polar surface area (TPSA) is 48.1 Å². The van der Waals surface area contributed by atoms with Crippen molar-refractivity contribution in [3.63, 3.8) is 0 Å². The van der Waals surface area contributed by atoms with Crippen molar-refractivity contribution < 1.29 is 17.9 Å². The van der Waals surface area contributed by atoms with Crippen molar-refractivity contribution in [2.45, 2.75) is 13.3 Å². The Morgan fingerprint density at radius 1 is 1.50 bits per heavy atom. The summed E-state index contributed by atoms with van der Waals surface area (Å²) in [6, 6.07) is 1.48. The normalized spacial score (nSPS) is 11.5. The highest BCUT2D eigenvalue weighted by molar-refractivity contribution is 14.1. The molecule has 1 heterocycles. The van der Waals surface area contributed by atoms with Crippen LogP contribution in [0, 0.1) is 10.5 Å². The minimum atomic E-state index is -4.74. The first kappa shape index (κ1) is 11.3. The summed E-state index contributed by atoms with van der Waals surface area (Å²) in [6.07, 6.45) is -4.74. The van der Waals surface area contributed by atoms with E-state index in [4.69, 9.17) is 5.73 Å². The van der Waals surface area contributed by atoms with Gasteiger partial charge in [-0.05, 0) is 35.6 Å². The van der Waals surface area contributed by atoms with Crippen LogP contribution in [0.5, 0.6) is 5.88 Å². The molecule has 2 N–H and O–H groups in total. The van der Waals surface area contributed by atoms with Gasteiger partial charge in [0.1, 0.15) is 5.82 Å². The van der Waals surface area contributed by atoms with Crippen LogP contribution in [0.15, 0.2) is 6.07 Å². The van der Waals surface area contributed by atoms with Crippen LogP contribution in [0.2, 0.25) is 0 Å². The Morgan fingerprint density at radius 3 is 2.57 bits per heavy atom. The van der Waals surface area contributed by atoms with E-state index in [0.717, 1.165) is 0 Å². The predicted molar refractivity (Wildman–Crippen MR) is 52.8 cm³/mol. The van der Waals surface area contributed by atoms with Gasteiger partial charge in [-0.2, -0.15) is 4.98 Å². The molecule has 0 saturated heterocycles. The molecule has 0 aliphatic rings. The van der Waals surface area contributed by atoms with Gasteiger partial charge in [0.15, 0.2) is 0 Å². The molecule has 1 aromatic heterocycles. The fourth-order valence-electron chi connectivity index (χ4n) is 0.790. The second-order valence-electron chi connectivity index (χ2n) is 2.53. The summed E-state index contributed by atoms with van der Waals surface area (Å²) in [5.74, 6) is -0.481. The number of ether oxygens (including phenoxy) is 1. The Bertz CT molecular complexity index is 354. The highest BCUT2D eigenvalue weighted by atomic mass is 127. The van der Waals surface area contributed by atoms with Gasteiger partial charge in [0.2, 0.25) is 5.88 Å². The average Bonchev–Trinajstić information content (AvgIpc) is 1.97. The van der Waals surface area contributed by atoms with E-state index in [1.807, 2.05) is 22.6 Å². The largest absolute Gasteiger partial charge is 0.574 e. The Kier molecular flexibility index (Phi) is 3.07. The molecular weight excluding hydrogens is 312 g/mol. The third-order valence-corrected chi connectivity index (χ3v) is 2.22. The van der Waals surface area contributed by atoms with E-state index >= 15 is 0 Å². The number of alkyl halides is 3. The van der Waals surface area contributed by atoms with Crippen LogP contribution in [0.4, 0.5) is 19.0 Å². The number of nitrogen functional groups attached to an aromatic ring is 1. The third kappa shape index (κ3) is 2.89. The fourth-order valence-corrected chi connectivity index (χ4v) is 1.38. The lowest BCUT2D eigenvalue weighted by Crippen LogP contribution is -2.19. The van der Waals surface area contributed by atoms with Gasteiger partial charge in [-0.15, -0.1) is 13.2 Å². The zero-order chi connectivity index (χ0) is 10.9. The number of aryl methyl sites for hydroxylation is 1. The Labute approximate surface area is 91.6 Å². The van der Waals surface area contributed by atoms with Gasteiger partial charge in [-0.1, -0.05) is 0 Å². The van der Waals surface area contributed by atoms with Crippen LogP contribution in [0.1, 0.15) is 5.56 Å². The van der Waals surface area contributed by atoms with Crippen molar-refractivity contribution in [2.24, 2.45) is 0 Å². The van der Waals surface area contributed by atoms with E-state index in [-0.39, 0.29) is 5.82 Å². The summed E-state index contributed by atoms with van der Waals surface area (Å²) in [4.78, 5) is 3.49. The van der Waals surface area contributed by atoms with Crippen molar-refractivity contribution in [3.8, 4) is 5.88 Å². The number of aromatic nitrogens is 1. The van der Waals surface area contributed by atoms with E-state index in [9.17, 15) is 13.2 Å². The number of anilines is 1. The van der Waals surface area contributed by atoms with E-state index in [1.165, 1.54) is 13.0 Å². The number of nitrogens with zero attached hydrogens (tertiary/aromatic N) is 1. The lowest BCUT2D eigenvalue weighted by molar-refractivity contribution is -0.276. The van der Waals surface area contributed by atoms with Crippen LogP contribution in [-0.4, -0.2) is 11.3 Å². The van der Waals surface area contributed by atoms with Crippen LogP contribution in [0.25, 0.3) is 0 Å². The lowest BCUT2D eigenvalue weighted by Gasteiger charge is -2.11. The molecule has 0 bridgehead atoms. The number of hydrogen-bond donors (Lipinski definition) is 1. The fraction of sp³-hybridized carbons (Fsp3) is 0.286. The number of pyridine rings is 1. The number of nitrogens with two attached hydrogens (primary N) is 1. The third-order valence-electron chi connectivity index (χ3n) is 1.36. The maximum absolute atomic E-state index is 11.8. The first-order chi connectivity index (χ1) is 6.29. The highest BCUT2D eigenvalue weighted by Gasteiger charge is 2.32. The van der Waals surface area contributed by atoms with Crippen molar-refractivity contribution in [1.29, 1.82) is 0 Å². The molecule has 1 rings (SSSR count). The maximum Gasteiger partial charge on any atom is 0.574 e. The monoisotopic (exact) mass is 318 g/mol. The van der Waals surface area contributed by atoms with Crippen molar-refractivity contribution in [2.75, 3.05) is 5.73 Å². The molecule has 78 valence electrons. The molecule has 0 atom stereocenters. The quantitative estimate of drug-likeness (QED) is 0.809. The van der Waals surface area contributed by atoms with Crippen LogP contribution in [-0.2, 0) is 0 Å². The zero-order valence-corrected chi connectivity index (χ0v) is 9.18. The Morgan fingerprint density at radius 2 is 2.07 bits per heavy atom. The van der Waals surface area contributed by atoms with Gasteiger partial charge in [0.25, 0.3) is 0 Å². The van der Waals surface area contributed by atoms with E-state index in [2.05, 4.69) is 9.72 Å². The minimum absolute atomic E-state index is 0.0236. The molecule has 3 nitrogen and oxygen atoms in total. The number of rotatable bonds is 1. The molecule has 1 aromatic rings. The SMILES string of the molecule is Cc1cc(I)c(N)nc1OC(F)(F)F. The number of halogens is 4. The molecule has 7 heteroatoms. The predicted octanol–water partition coefficient (Wildman–Crippen LogP) is 2.48. The van der Waals surface area contributed by atoms with Crippen molar-refractivity contribution in [3.05, 3.63) is 15.2 Å². The van der Waals surface area contributed by atoms with Gasteiger partial charge in [-0.25, -0.2) is 0 Å². The second-order valence-corrected chi connectivity index (χ2v) is 3.69. The molecule has 14 heavy (non-hydrogen) atoms. The molecular formula is C7H6F3IN2O. The van der Waals surface area contributed by atoms with E-state index in [0.29, 0.717) is 9.13 Å². The smallest absolute Gasteiger partial charge is 0.388 e. The Balaban J connectivity index is 3.04. The summed E-state index contributed by atoms with van der Waals surface area (Å²) in [5.41, 5.74) is 5.63. The van der Waals surface area contributed by atoms with Crippen molar-refractivity contribution >= 4 is 28.4 Å². The minimum Gasteiger partial charge on any atom is -0.388 e. The first-order valence-corrected chi connectivity index (χ1v) is 4.56. The summed E-state index contributed by atoms with van der Waals surface area (Å²) in [6.45, 7) is 1.47. The lowest BCUT2D eigenvalue weighted by atomic mass is 10.3. The van der Waals surface area contributed by atoms with Gasteiger partial charge < -0.3 is 10.5 Å². The van der Waals surface area contributed by atoms with Gasteiger partial charge in [-0.3, -0.25) is 0 Å². The zero-order valence-electron chi connectivity index (χ0n) is 7.02. The average molecular weight is 318 g/mol.